The van der Waals surface area contributed by atoms with Crippen LogP contribution >= 0.6 is 0 Å². The minimum absolute atomic E-state index is 0.214. The lowest BCUT2D eigenvalue weighted by Crippen LogP contribution is -2.32. The molecule has 1 saturated heterocycles. The molecule has 0 spiro atoms. The van der Waals surface area contributed by atoms with E-state index in [1.807, 2.05) is 0 Å². The number of amides is 1. The molecule has 0 atom stereocenters. The van der Waals surface area contributed by atoms with Crippen LogP contribution in [0.5, 0.6) is 0 Å². The maximum Gasteiger partial charge on any atom is 0.328 e. The zero-order valence-electron chi connectivity index (χ0n) is 11.6. The summed E-state index contributed by atoms with van der Waals surface area (Å²) in [7, 11) is 0. The van der Waals surface area contributed by atoms with Gasteiger partial charge in [0.1, 0.15) is 0 Å². The molecule has 0 unspecified atom stereocenters. The van der Waals surface area contributed by atoms with Gasteiger partial charge in [0.25, 0.3) is 5.91 Å². The number of carbonyl (C=O) groups is 2. The molecule has 1 fully saturated rings. The molecule has 0 saturated carbocycles. The fourth-order valence-electron chi connectivity index (χ4n) is 2.19. The lowest BCUT2D eigenvalue weighted by molar-refractivity contribution is -0.131. The molecular formula is C15H18N2O4. The Morgan fingerprint density at radius 1 is 1.43 bits per heavy atom. The predicted molar refractivity (Wildman–Crippen MR) is 76.8 cm³/mol. The van der Waals surface area contributed by atoms with E-state index >= 15 is 0 Å². The van der Waals surface area contributed by atoms with E-state index in [-0.39, 0.29) is 5.91 Å². The number of aliphatic carboxylic acids is 1. The molecular weight excluding hydrogens is 272 g/mol. The first-order valence-corrected chi connectivity index (χ1v) is 6.88. The number of ether oxygens (including phenoxy) is 1. The number of nitrogens with zero attached hydrogens (tertiary/aromatic N) is 1. The molecule has 2 rings (SSSR count). The van der Waals surface area contributed by atoms with Gasteiger partial charge >= 0.3 is 5.97 Å². The van der Waals surface area contributed by atoms with Gasteiger partial charge in [0.2, 0.25) is 0 Å². The van der Waals surface area contributed by atoms with Crippen LogP contribution in [-0.2, 0) is 9.53 Å². The van der Waals surface area contributed by atoms with Crippen LogP contribution in [-0.4, -0.2) is 41.7 Å². The maximum absolute atomic E-state index is 12.2. The molecule has 112 valence electrons. The number of hydrogen-bond acceptors (Lipinski definition) is 4. The highest BCUT2D eigenvalue weighted by molar-refractivity contribution is 5.98. The highest BCUT2D eigenvalue weighted by Gasteiger charge is 2.16. The first-order chi connectivity index (χ1) is 10.2. The fourth-order valence-corrected chi connectivity index (χ4v) is 2.19. The molecule has 1 aliphatic heterocycles. The van der Waals surface area contributed by atoms with E-state index in [4.69, 9.17) is 9.84 Å². The van der Waals surface area contributed by atoms with Crippen molar-refractivity contribution in [2.45, 2.75) is 12.8 Å². The second-order valence-electron chi connectivity index (χ2n) is 4.90. The summed E-state index contributed by atoms with van der Waals surface area (Å²) in [5, 5.41) is 11.6. The van der Waals surface area contributed by atoms with Crippen molar-refractivity contribution in [2.75, 3.05) is 19.8 Å². The molecule has 0 radical (unpaired) electrons. The van der Waals surface area contributed by atoms with Crippen molar-refractivity contribution < 1.29 is 19.4 Å². The molecule has 6 heteroatoms. The Labute approximate surface area is 122 Å². The van der Waals surface area contributed by atoms with Gasteiger partial charge in [-0.05, 0) is 30.9 Å². The number of hydrogen-bond donors (Lipinski definition) is 2. The van der Waals surface area contributed by atoms with Gasteiger partial charge in [0.05, 0.1) is 0 Å². The highest BCUT2D eigenvalue weighted by Crippen LogP contribution is 2.14. The molecule has 2 N–H and O–H groups in total. The number of carboxylic acid groups (broad SMARTS) is 1. The standard InChI is InChI=1S/C15H18N2O4/c18-14(19)2-1-12-10-16-6-3-13(12)15(20)17-9-11-4-7-21-8-5-11/h1-3,6,10-11H,4-5,7-9H2,(H,17,20)(H,18,19). The van der Waals surface area contributed by atoms with Gasteiger partial charge in [-0.3, -0.25) is 9.78 Å². The van der Waals surface area contributed by atoms with Crippen molar-refractivity contribution >= 4 is 18.0 Å². The molecule has 1 aliphatic rings. The van der Waals surface area contributed by atoms with Crippen LogP contribution < -0.4 is 5.32 Å². The van der Waals surface area contributed by atoms with Crippen LogP contribution in [0.2, 0.25) is 0 Å². The van der Waals surface area contributed by atoms with Crippen molar-refractivity contribution in [3.8, 4) is 0 Å². The SMILES string of the molecule is O=C(O)C=Cc1cnccc1C(=O)NCC1CCOCC1. The van der Waals surface area contributed by atoms with E-state index in [0.29, 0.717) is 23.6 Å². The largest absolute Gasteiger partial charge is 0.478 e. The first kappa shape index (κ1) is 15.2. The van der Waals surface area contributed by atoms with Crippen molar-refractivity contribution in [3.05, 3.63) is 35.7 Å². The normalized spacial score (nSPS) is 16.0. The smallest absolute Gasteiger partial charge is 0.328 e. The Morgan fingerprint density at radius 3 is 2.90 bits per heavy atom. The molecule has 6 nitrogen and oxygen atoms in total. The summed E-state index contributed by atoms with van der Waals surface area (Å²) in [4.78, 5) is 26.7. The summed E-state index contributed by atoms with van der Waals surface area (Å²) in [6, 6.07) is 1.58. The first-order valence-electron chi connectivity index (χ1n) is 6.88. The Balaban J connectivity index is 1.99. The van der Waals surface area contributed by atoms with Crippen molar-refractivity contribution in [3.63, 3.8) is 0 Å². The summed E-state index contributed by atoms with van der Waals surface area (Å²) >= 11 is 0. The molecule has 2 heterocycles. The number of carboxylic acids is 1. The number of pyridine rings is 1. The van der Waals surface area contributed by atoms with Crippen molar-refractivity contribution in [1.82, 2.24) is 10.3 Å². The van der Waals surface area contributed by atoms with E-state index in [1.54, 1.807) is 6.07 Å². The molecule has 1 amide bonds. The van der Waals surface area contributed by atoms with E-state index in [0.717, 1.165) is 32.1 Å². The van der Waals surface area contributed by atoms with Gasteiger partial charge in [0.15, 0.2) is 0 Å². The van der Waals surface area contributed by atoms with E-state index < -0.39 is 5.97 Å². The lowest BCUT2D eigenvalue weighted by Gasteiger charge is -2.22. The quantitative estimate of drug-likeness (QED) is 0.799. The molecule has 21 heavy (non-hydrogen) atoms. The summed E-state index contributed by atoms with van der Waals surface area (Å²) in [5.74, 6) is -0.844. The van der Waals surface area contributed by atoms with Crippen LogP contribution in [0.4, 0.5) is 0 Å². The van der Waals surface area contributed by atoms with E-state index in [2.05, 4.69) is 10.3 Å². The highest BCUT2D eigenvalue weighted by atomic mass is 16.5. The Hall–Kier alpha value is -2.21. The van der Waals surface area contributed by atoms with Gasteiger partial charge in [0, 0.05) is 49.4 Å². The van der Waals surface area contributed by atoms with Crippen LogP contribution in [0, 0.1) is 5.92 Å². The van der Waals surface area contributed by atoms with Crippen LogP contribution in [0.15, 0.2) is 24.5 Å². The second kappa shape index (κ2) is 7.54. The van der Waals surface area contributed by atoms with E-state index in [9.17, 15) is 9.59 Å². The summed E-state index contributed by atoms with van der Waals surface area (Å²) in [5.41, 5.74) is 0.916. The zero-order valence-corrected chi connectivity index (χ0v) is 11.6. The maximum atomic E-state index is 12.2. The average Bonchev–Trinajstić information content (AvgIpc) is 2.52. The summed E-state index contributed by atoms with van der Waals surface area (Å²) in [6.45, 7) is 2.08. The second-order valence-corrected chi connectivity index (χ2v) is 4.90. The Bertz CT molecular complexity index is 536. The minimum Gasteiger partial charge on any atom is -0.478 e. The Kier molecular flexibility index (Phi) is 5.45. The lowest BCUT2D eigenvalue weighted by atomic mass is 10.00. The third-order valence-electron chi connectivity index (χ3n) is 3.39. The summed E-state index contributed by atoms with van der Waals surface area (Å²) < 4.78 is 5.28. The monoisotopic (exact) mass is 290 g/mol. The van der Waals surface area contributed by atoms with Crippen molar-refractivity contribution in [2.24, 2.45) is 5.92 Å². The fraction of sp³-hybridized carbons (Fsp3) is 0.400. The van der Waals surface area contributed by atoms with Gasteiger partial charge in [-0.2, -0.15) is 0 Å². The van der Waals surface area contributed by atoms with Crippen LogP contribution in [0.3, 0.4) is 0 Å². The zero-order chi connectivity index (χ0) is 15.1. The molecule has 0 aliphatic carbocycles. The average molecular weight is 290 g/mol. The molecule has 1 aromatic heterocycles. The number of nitrogens with one attached hydrogen (secondary N) is 1. The molecule has 0 bridgehead atoms. The number of carbonyl (C=O) groups excluding carboxylic acids is 1. The summed E-state index contributed by atoms with van der Waals surface area (Å²) in [6.07, 6.45) is 7.25. The van der Waals surface area contributed by atoms with Gasteiger partial charge in [-0.15, -0.1) is 0 Å². The van der Waals surface area contributed by atoms with Crippen molar-refractivity contribution in [1.29, 1.82) is 0 Å². The van der Waals surface area contributed by atoms with Gasteiger partial charge in [-0.25, -0.2) is 4.79 Å². The van der Waals surface area contributed by atoms with Gasteiger partial charge in [-0.1, -0.05) is 0 Å². The topological polar surface area (TPSA) is 88.5 Å². The van der Waals surface area contributed by atoms with Crippen LogP contribution in [0.1, 0.15) is 28.8 Å². The Morgan fingerprint density at radius 2 is 2.19 bits per heavy atom. The van der Waals surface area contributed by atoms with E-state index in [1.165, 1.54) is 18.5 Å². The predicted octanol–water partition coefficient (Wildman–Crippen LogP) is 1.34. The number of rotatable bonds is 5. The third kappa shape index (κ3) is 4.68. The minimum atomic E-state index is -1.06. The third-order valence-corrected chi connectivity index (χ3v) is 3.39. The number of aromatic nitrogens is 1. The molecule has 0 aromatic carbocycles. The van der Waals surface area contributed by atoms with Crippen LogP contribution in [0.25, 0.3) is 6.08 Å². The van der Waals surface area contributed by atoms with Gasteiger partial charge < -0.3 is 15.2 Å². The molecule has 1 aromatic rings.